The van der Waals surface area contributed by atoms with Crippen LogP contribution in [-0.2, 0) is 15.1 Å². The Balaban J connectivity index is 1.50. The van der Waals surface area contributed by atoms with Crippen molar-refractivity contribution in [1.82, 2.24) is 35.3 Å². The van der Waals surface area contributed by atoms with E-state index >= 15 is 9.18 Å². The molecule has 1 saturated carbocycles. The maximum absolute atomic E-state index is 16.4. The fourth-order valence-electron chi connectivity index (χ4n) is 6.43. The average molecular weight is 813 g/mol. The van der Waals surface area contributed by atoms with Crippen molar-refractivity contribution in [3.63, 3.8) is 0 Å². The molecule has 13 nitrogen and oxygen atoms in total. The lowest BCUT2D eigenvalue weighted by atomic mass is 9.75. The summed E-state index contributed by atoms with van der Waals surface area (Å²) in [5, 5.41) is 18.2. The molecule has 2 atom stereocenters. The Morgan fingerprint density at radius 1 is 1.16 bits per heavy atom. The number of hydrogen-bond donors (Lipinski definition) is 3. The van der Waals surface area contributed by atoms with Gasteiger partial charge in [0, 0.05) is 11.8 Å². The molecule has 2 aromatic heterocycles. The number of nitrogens with zero attached hydrogens (tertiary/aromatic N) is 6. The van der Waals surface area contributed by atoms with Crippen LogP contribution < -0.4 is 10.6 Å². The van der Waals surface area contributed by atoms with Crippen molar-refractivity contribution in [3.8, 4) is 16.1 Å². The quantitative estimate of drug-likeness (QED) is 0.136. The fraction of sp³-hybridized carbons (Fsp3) is 0.382. The maximum Gasteiger partial charge on any atom is 0.434 e. The van der Waals surface area contributed by atoms with Crippen LogP contribution in [-0.4, -0.2) is 72.1 Å². The lowest BCUT2D eigenvalue weighted by molar-refractivity contribution is -0.164. The van der Waals surface area contributed by atoms with Gasteiger partial charge in [0.1, 0.15) is 29.8 Å². The minimum atomic E-state index is -4.81. The van der Waals surface area contributed by atoms with E-state index in [1.807, 2.05) is 5.32 Å². The summed E-state index contributed by atoms with van der Waals surface area (Å²) in [7, 11) is 0. The third-order valence-corrected chi connectivity index (χ3v) is 10.1. The monoisotopic (exact) mass is 812 g/mol. The topological polar surface area (TPSA) is 164 Å². The van der Waals surface area contributed by atoms with E-state index in [1.54, 1.807) is 32.3 Å². The molecule has 2 aliphatic rings. The highest BCUT2D eigenvalue weighted by Crippen LogP contribution is 2.49. The Morgan fingerprint density at radius 2 is 1.89 bits per heavy atom. The number of amides is 3. The summed E-state index contributed by atoms with van der Waals surface area (Å²) in [5.41, 5.74) is -3.85. The molecule has 0 spiro atoms. The predicted molar refractivity (Wildman–Crippen MR) is 185 cm³/mol. The van der Waals surface area contributed by atoms with Gasteiger partial charge >= 0.3 is 18.4 Å². The standard InChI is InChI=1S/C34H31ClF6N8O5S/c1-31(2,3)14-33(19-6-4-18(10-21(19)36)24-12-42-16-55-24)27(50)48(28(46-33)45-29(51)52)23(13-54-30(53)47-32(8-9-32)34(39,40)41)17-5-7-20(35)22(11-17)49-26(25(37)38)43-15-44-49/h4-7,10-12,15-16,23,25H,8-9,13-14H2,1-3H3,(H,45,46)(H,47,53)(H,51,52)/t23-,33?/m1/s1. The van der Waals surface area contributed by atoms with Crippen molar-refractivity contribution < 1.29 is 50.6 Å². The minimum absolute atomic E-state index is 0.0549. The summed E-state index contributed by atoms with van der Waals surface area (Å²) < 4.78 is 91.2. The molecule has 1 saturated heterocycles. The molecule has 0 bridgehead atoms. The number of aromatic nitrogens is 4. The van der Waals surface area contributed by atoms with Crippen LogP contribution in [0.1, 0.15) is 69.5 Å². The van der Waals surface area contributed by atoms with Crippen molar-refractivity contribution in [2.24, 2.45) is 10.4 Å². The van der Waals surface area contributed by atoms with Crippen molar-refractivity contribution in [2.75, 3.05) is 6.61 Å². The van der Waals surface area contributed by atoms with E-state index in [2.05, 4.69) is 25.4 Å². The Morgan fingerprint density at radius 3 is 2.47 bits per heavy atom. The number of thiazole rings is 1. The Labute approximate surface area is 317 Å². The van der Waals surface area contributed by atoms with Gasteiger partial charge in [-0.15, -0.1) is 16.3 Å². The van der Waals surface area contributed by atoms with E-state index in [0.29, 0.717) is 15.1 Å². The Bertz CT molecular complexity index is 2150. The van der Waals surface area contributed by atoms with Crippen molar-refractivity contribution in [3.05, 3.63) is 82.2 Å². The summed E-state index contributed by atoms with van der Waals surface area (Å²) in [5.74, 6) is -3.32. The first kappa shape index (κ1) is 39.5. The normalized spacial score (nSPS) is 19.4. The van der Waals surface area contributed by atoms with Crippen LogP contribution in [0.25, 0.3) is 16.1 Å². The van der Waals surface area contributed by atoms with Crippen LogP contribution in [0.3, 0.4) is 0 Å². The van der Waals surface area contributed by atoms with Gasteiger partial charge in [-0.2, -0.15) is 18.3 Å². The van der Waals surface area contributed by atoms with Crippen molar-refractivity contribution in [2.45, 2.75) is 69.8 Å². The number of rotatable bonds is 10. The lowest BCUT2D eigenvalue weighted by Gasteiger charge is -2.35. The van der Waals surface area contributed by atoms with Gasteiger partial charge in [0.2, 0.25) is 5.96 Å². The van der Waals surface area contributed by atoms with Gasteiger partial charge in [0.05, 0.1) is 27.1 Å². The number of carbonyl (C=O) groups excluding carboxylic acids is 2. The molecular formula is C34H31ClF6N8O5S. The second-order valence-corrected chi connectivity index (χ2v) is 15.4. The summed E-state index contributed by atoms with van der Waals surface area (Å²) in [6, 6.07) is 6.13. The molecule has 55 heavy (non-hydrogen) atoms. The molecule has 1 aliphatic carbocycles. The highest BCUT2D eigenvalue weighted by molar-refractivity contribution is 7.13. The molecular weight excluding hydrogens is 782 g/mol. The molecule has 1 aliphatic heterocycles. The smallest absolute Gasteiger partial charge is 0.434 e. The number of guanidine groups is 1. The lowest BCUT2D eigenvalue weighted by Crippen LogP contribution is -2.49. The predicted octanol–water partition coefficient (Wildman–Crippen LogP) is 7.78. The number of alkyl halides is 5. The third kappa shape index (κ3) is 7.82. The number of carbonyl (C=O) groups is 3. The summed E-state index contributed by atoms with van der Waals surface area (Å²) in [6.45, 7) is 4.29. The van der Waals surface area contributed by atoms with Gasteiger partial charge < -0.3 is 20.5 Å². The number of nitrogens with one attached hydrogen (secondary N) is 2. The highest BCUT2D eigenvalue weighted by Gasteiger charge is 2.65. The third-order valence-electron chi connectivity index (χ3n) is 8.95. The molecule has 3 N–H and O–H groups in total. The van der Waals surface area contributed by atoms with Crippen LogP contribution in [0.2, 0.25) is 5.02 Å². The number of benzene rings is 2. The van der Waals surface area contributed by atoms with E-state index in [1.165, 1.54) is 47.9 Å². The van der Waals surface area contributed by atoms with E-state index in [9.17, 15) is 36.6 Å². The molecule has 6 rings (SSSR count). The van der Waals surface area contributed by atoms with Gasteiger partial charge in [0.15, 0.2) is 5.82 Å². The van der Waals surface area contributed by atoms with Gasteiger partial charge in [-0.25, -0.2) is 32.4 Å². The summed E-state index contributed by atoms with van der Waals surface area (Å²) in [4.78, 5) is 52.7. The molecule has 2 fully saturated rings. The number of carboxylic acid groups (broad SMARTS) is 1. The van der Waals surface area contributed by atoms with Crippen LogP contribution in [0.5, 0.6) is 0 Å². The second-order valence-electron chi connectivity index (χ2n) is 14.1. The van der Waals surface area contributed by atoms with E-state index in [0.717, 1.165) is 11.2 Å². The van der Waals surface area contributed by atoms with Crippen LogP contribution >= 0.6 is 22.9 Å². The van der Waals surface area contributed by atoms with Crippen LogP contribution in [0.15, 0.2) is 59.4 Å². The Kier molecular flexibility index (Phi) is 10.4. The number of alkyl carbamates (subject to hydrolysis) is 1. The SMILES string of the molecule is CC(C)(C)CC1(c2ccc(-c3cncs3)cc2F)NC(=NC(=O)O)N([C@H](COC(=O)NC2(C(F)(F)F)CC2)c2ccc(Cl)c(-n3ncnc3C(F)F)c2)C1=O. The first-order valence-electron chi connectivity index (χ1n) is 16.4. The molecule has 292 valence electrons. The van der Waals surface area contributed by atoms with Gasteiger partial charge in [-0.05, 0) is 54.0 Å². The molecule has 0 radical (unpaired) electrons. The first-order chi connectivity index (χ1) is 25.7. The highest BCUT2D eigenvalue weighted by atomic mass is 35.5. The molecule has 1 unspecified atom stereocenters. The van der Waals surface area contributed by atoms with E-state index in [4.69, 9.17) is 16.3 Å². The number of hydrogen-bond acceptors (Lipinski definition) is 8. The average Bonchev–Trinajstić information content (AvgIpc) is 3.40. The minimum Gasteiger partial charge on any atom is -0.463 e. The number of ether oxygens (including phenoxy) is 1. The van der Waals surface area contributed by atoms with E-state index < -0.39 is 90.3 Å². The zero-order valence-corrected chi connectivity index (χ0v) is 30.6. The zero-order valence-electron chi connectivity index (χ0n) is 29.0. The van der Waals surface area contributed by atoms with Crippen molar-refractivity contribution in [1.29, 1.82) is 0 Å². The molecule has 4 aromatic rings. The number of halogens is 7. The fourth-order valence-corrected chi connectivity index (χ4v) is 7.25. The van der Waals surface area contributed by atoms with Gasteiger partial charge in [-0.3, -0.25) is 14.7 Å². The zero-order chi connectivity index (χ0) is 40.1. The molecule has 3 heterocycles. The molecule has 2 aromatic carbocycles. The van der Waals surface area contributed by atoms with Crippen LogP contribution in [0, 0.1) is 11.2 Å². The second kappa shape index (κ2) is 14.4. The first-order valence-corrected chi connectivity index (χ1v) is 17.6. The largest absolute Gasteiger partial charge is 0.463 e. The van der Waals surface area contributed by atoms with E-state index in [-0.39, 0.29) is 28.3 Å². The summed E-state index contributed by atoms with van der Waals surface area (Å²) >= 11 is 7.63. The number of aliphatic imine (C=N–C) groups is 1. The van der Waals surface area contributed by atoms with Gasteiger partial charge in [-0.1, -0.05) is 50.6 Å². The molecule has 3 amide bonds. The van der Waals surface area contributed by atoms with Gasteiger partial charge in [0.25, 0.3) is 12.3 Å². The maximum atomic E-state index is 16.4. The Hall–Kier alpha value is -5.24. The van der Waals surface area contributed by atoms with Crippen LogP contribution in [0.4, 0.5) is 35.9 Å². The molecule has 21 heteroatoms. The summed E-state index contributed by atoms with van der Waals surface area (Å²) in [6.07, 6.45) is -9.88. The van der Waals surface area contributed by atoms with Crippen molar-refractivity contribution >= 4 is 47.0 Å².